The van der Waals surface area contributed by atoms with Crippen LogP contribution in [0.15, 0.2) is 18.2 Å². The van der Waals surface area contributed by atoms with Crippen LogP contribution in [0, 0.1) is 5.92 Å². The first-order valence-corrected chi connectivity index (χ1v) is 7.97. The van der Waals surface area contributed by atoms with Gasteiger partial charge in [-0.15, -0.1) is 0 Å². The van der Waals surface area contributed by atoms with E-state index in [0.29, 0.717) is 5.92 Å². The van der Waals surface area contributed by atoms with E-state index in [4.69, 9.17) is 22.1 Å². The van der Waals surface area contributed by atoms with E-state index in [0.717, 1.165) is 62.1 Å². The Morgan fingerprint density at radius 3 is 2.52 bits per heavy atom. The minimum atomic E-state index is 0.574. The molecule has 0 saturated carbocycles. The lowest BCUT2D eigenvalue weighted by molar-refractivity contribution is 0.115. The smallest absolute Gasteiger partial charge is 0.123 e. The molecule has 21 heavy (non-hydrogen) atoms. The molecule has 4 nitrogen and oxygen atoms in total. The third kappa shape index (κ3) is 4.85. The zero-order valence-corrected chi connectivity index (χ0v) is 13.8. The summed E-state index contributed by atoms with van der Waals surface area (Å²) in [4.78, 5) is 4.96. The number of piperazine rings is 1. The molecule has 118 valence electrons. The van der Waals surface area contributed by atoms with Crippen LogP contribution in [0.3, 0.4) is 0 Å². The van der Waals surface area contributed by atoms with Crippen molar-refractivity contribution in [3.05, 3.63) is 28.8 Å². The maximum absolute atomic E-state index is 6.09. The Kier molecular flexibility index (Phi) is 6.30. The van der Waals surface area contributed by atoms with Gasteiger partial charge in [-0.2, -0.15) is 0 Å². The quantitative estimate of drug-likeness (QED) is 0.873. The number of hydrogen-bond acceptors (Lipinski definition) is 4. The predicted molar refractivity (Wildman–Crippen MR) is 87.9 cm³/mol. The molecule has 1 atom stereocenters. The highest BCUT2D eigenvalue weighted by atomic mass is 35.5. The van der Waals surface area contributed by atoms with Gasteiger partial charge in [0.1, 0.15) is 5.75 Å². The van der Waals surface area contributed by atoms with E-state index in [-0.39, 0.29) is 0 Å². The second kappa shape index (κ2) is 7.99. The molecular weight excluding hydrogens is 286 g/mol. The lowest BCUT2D eigenvalue weighted by atomic mass is 10.1. The van der Waals surface area contributed by atoms with Crippen molar-refractivity contribution in [2.24, 2.45) is 11.7 Å². The Labute approximate surface area is 132 Å². The first-order valence-electron chi connectivity index (χ1n) is 7.59. The van der Waals surface area contributed by atoms with E-state index in [9.17, 15) is 0 Å². The summed E-state index contributed by atoms with van der Waals surface area (Å²) in [7, 11) is 1.71. The lowest BCUT2D eigenvalue weighted by Gasteiger charge is -2.36. The van der Waals surface area contributed by atoms with Gasteiger partial charge in [0.05, 0.1) is 7.11 Å². The summed E-state index contributed by atoms with van der Waals surface area (Å²) in [5.41, 5.74) is 6.86. The molecule has 1 fully saturated rings. The van der Waals surface area contributed by atoms with Gasteiger partial charge in [-0.3, -0.25) is 4.90 Å². The predicted octanol–water partition coefficient (Wildman–Crippen LogP) is 2.06. The van der Waals surface area contributed by atoms with Crippen LogP contribution in [0.25, 0.3) is 0 Å². The van der Waals surface area contributed by atoms with Crippen molar-refractivity contribution < 1.29 is 4.74 Å². The minimum absolute atomic E-state index is 0.574. The van der Waals surface area contributed by atoms with Gasteiger partial charge >= 0.3 is 0 Å². The lowest BCUT2D eigenvalue weighted by Crippen LogP contribution is -2.47. The first-order chi connectivity index (χ1) is 10.1. The van der Waals surface area contributed by atoms with E-state index in [2.05, 4.69) is 16.7 Å². The molecule has 0 bridgehead atoms. The Morgan fingerprint density at radius 2 is 1.90 bits per heavy atom. The van der Waals surface area contributed by atoms with Crippen molar-refractivity contribution in [3.63, 3.8) is 0 Å². The number of rotatable bonds is 6. The highest BCUT2D eigenvalue weighted by molar-refractivity contribution is 6.30. The third-order valence-electron chi connectivity index (χ3n) is 4.07. The second-order valence-electron chi connectivity index (χ2n) is 5.87. The van der Waals surface area contributed by atoms with Crippen molar-refractivity contribution in [2.45, 2.75) is 13.5 Å². The number of nitrogens with two attached hydrogens (primary N) is 1. The zero-order chi connectivity index (χ0) is 15.2. The van der Waals surface area contributed by atoms with E-state index >= 15 is 0 Å². The third-order valence-corrected chi connectivity index (χ3v) is 4.31. The Hall–Kier alpha value is -0.810. The highest BCUT2D eigenvalue weighted by Crippen LogP contribution is 2.24. The van der Waals surface area contributed by atoms with Gasteiger partial charge in [0.15, 0.2) is 0 Å². The van der Waals surface area contributed by atoms with Crippen LogP contribution >= 0.6 is 11.6 Å². The number of ether oxygens (including phenoxy) is 1. The number of benzene rings is 1. The van der Waals surface area contributed by atoms with Crippen LogP contribution in [-0.2, 0) is 6.54 Å². The Morgan fingerprint density at radius 1 is 1.24 bits per heavy atom. The van der Waals surface area contributed by atoms with Crippen molar-refractivity contribution in [1.82, 2.24) is 9.80 Å². The second-order valence-corrected chi connectivity index (χ2v) is 6.31. The molecule has 1 unspecified atom stereocenters. The molecule has 0 aliphatic carbocycles. The molecule has 0 aromatic heterocycles. The van der Waals surface area contributed by atoms with Crippen LogP contribution < -0.4 is 10.5 Å². The largest absolute Gasteiger partial charge is 0.496 e. The molecule has 1 aliphatic heterocycles. The van der Waals surface area contributed by atoms with Gasteiger partial charge in [-0.1, -0.05) is 18.5 Å². The fourth-order valence-corrected chi connectivity index (χ4v) is 2.95. The van der Waals surface area contributed by atoms with Crippen LogP contribution in [0.1, 0.15) is 12.5 Å². The summed E-state index contributed by atoms with van der Waals surface area (Å²) >= 11 is 6.09. The molecule has 1 saturated heterocycles. The number of hydrogen-bond donors (Lipinski definition) is 1. The van der Waals surface area contributed by atoms with E-state index in [1.807, 2.05) is 18.2 Å². The molecule has 0 amide bonds. The molecule has 0 spiro atoms. The van der Waals surface area contributed by atoms with Gasteiger partial charge < -0.3 is 15.4 Å². The van der Waals surface area contributed by atoms with Crippen LogP contribution in [-0.4, -0.2) is 56.2 Å². The molecule has 1 aromatic carbocycles. The average molecular weight is 312 g/mol. The number of nitrogens with zero attached hydrogens (tertiary/aromatic N) is 2. The van der Waals surface area contributed by atoms with Crippen LogP contribution in [0.2, 0.25) is 5.02 Å². The first kappa shape index (κ1) is 16.6. The summed E-state index contributed by atoms with van der Waals surface area (Å²) in [5, 5.41) is 0.765. The molecule has 5 heteroatoms. The number of halogens is 1. The van der Waals surface area contributed by atoms with E-state index in [1.54, 1.807) is 7.11 Å². The Balaban J connectivity index is 1.87. The molecule has 2 rings (SSSR count). The van der Waals surface area contributed by atoms with Crippen LogP contribution in [0.5, 0.6) is 5.75 Å². The van der Waals surface area contributed by atoms with Gasteiger partial charge in [-0.05, 0) is 30.7 Å². The van der Waals surface area contributed by atoms with Gasteiger partial charge in [0, 0.05) is 49.9 Å². The molecule has 1 heterocycles. The van der Waals surface area contributed by atoms with E-state index in [1.165, 1.54) is 0 Å². The van der Waals surface area contributed by atoms with E-state index < -0.39 is 0 Å². The van der Waals surface area contributed by atoms with Crippen molar-refractivity contribution in [2.75, 3.05) is 46.4 Å². The monoisotopic (exact) mass is 311 g/mol. The molecule has 1 aromatic rings. The summed E-state index contributed by atoms with van der Waals surface area (Å²) in [5.74, 6) is 1.49. The van der Waals surface area contributed by atoms with Gasteiger partial charge in [0.2, 0.25) is 0 Å². The molecule has 1 aliphatic rings. The van der Waals surface area contributed by atoms with Gasteiger partial charge in [0.25, 0.3) is 0 Å². The minimum Gasteiger partial charge on any atom is -0.496 e. The average Bonchev–Trinajstić information content (AvgIpc) is 2.49. The fraction of sp³-hybridized carbons (Fsp3) is 0.625. The topological polar surface area (TPSA) is 41.7 Å². The van der Waals surface area contributed by atoms with Crippen molar-refractivity contribution in [1.29, 1.82) is 0 Å². The van der Waals surface area contributed by atoms with Crippen LogP contribution in [0.4, 0.5) is 0 Å². The van der Waals surface area contributed by atoms with Crippen molar-refractivity contribution in [3.8, 4) is 5.75 Å². The summed E-state index contributed by atoms with van der Waals surface area (Å²) < 4.78 is 5.42. The Bertz CT molecular complexity index is 447. The highest BCUT2D eigenvalue weighted by Gasteiger charge is 2.19. The zero-order valence-electron chi connectivity index (χ0n) is 13.0. The SMILES string of the molecule is COc1ccc(Cl)cc1CN1CCN(CC(C)CN)CC1. The maximum Gasteiger partial charge on any atom is 0.123 e. The summed E-state index contributed by atoms with van der Waals surface area (Å²) in [6, 6.07) is 5.82. The summed E-state index contributed by atoms with van der Waals surface area (Å²) in [6.07, 6.45) is 0. The van der Waals surface area contributed by atoms with Crippen molar-refractivity contribution >= 4 is 11.6 Å². The van der Waals surface area contributed by atoms with Gasteiger partial charge in [-0.25, -0.2) is 0 Å². The molecule has 0 radical (unpaired) electrons. The molecule has 2 N–H and O–H groups in total. The maximum atomic E-state index is 6.09. The summed E-state index contributed by atoms with van der Waals surface area (Å²) in [6.45, 7) is 9.33. The fourth-order valence-electron chi connectivity index (χ4n) is 2.76. The number of methoxy groups -OCH3 is 1. The normalized spacial score (nSPS) is 18.7. The molecular formula is C16H26ClN3O. The standard InChI is InChI=1S/C16H26ClN3O/c1-13(10-18)11-19-5-7-20(8-6-19)12-14-9-15(17)3-4-16(14)21-2/h3-4,9,13H,5-8,10-12,18H2,1-2H3.